The first-order valence-electron chi connectivity index (χ1n) is 7.26. The van der Waals surface area contributed by atoms with Crippen molar-refractivity contribution >= 4 is 33.1 Å². The van der Waals surface area contributed by atoms with E-state index in [9.17, 15) is 9.90 Å². The van der Waals surface area contributed by atoms with Crippen LogP contribution in [0.2, 0.25) is 0 Å². The molecule has 5 nitrogen and oxygen atoms in total. The standard InChI is InChI=1S/C15H19N3O2S/c16-12-13-11(6-3-7-17-13)21-14(12)15(20)18-8-9-4-1-2-5-10(9)19/h3,6-7,9-10,19H,1-2,4-5,8,16H2,(H,18,20). The number of rotatable bonds is 3. The summed E-state index contributed by atoms with van der Waals surface area (Å²) in [6.45, 7) is 0.501. The van der Waals surface area contributed by atoms with Gasteiger partial charge in [0.15, 0.2) is 0 Å². The average Bonchev–Trinajstić information content (AvgIpc) is 2.84. The number of anilines is 1. The first-order valence-corrected chi connectivity index (χ1v) is 8.07. The molecule has 112 valence electrons. The molecular weight excluding hydrogens is 286 g/mol. The molecule has 0 aliphatic heterocycles. The number of nitrogens with two attached hydrogens (primary N) is 1. The predicted molar refractivity (Wildman–Crippen MR) is 84.3 cm³/mol. The quantitative estimate of drug-likeness (QED) is 0.811. The van der Waals surface area contributed by atoms with Gasteiger partial charge >= 0.3 is 0 Å². The molecule has 0 spiro atoms. The molecular formula is C15H19N3O2S. The molecule has 0 saturated heterocycles. The SMILES string of the molecule is Nc1c(C(=O)NCC2CCCCC2O)sc2cccnc12. The number of thiophene rings is 1. The second-order valence-corrected chi connectivity index (χ2v) is 6.57. The largest absolute Gasteiger partial charge is 0.396 e. The van der Waals surface area contributed by atoms with Gasteiger partial charge in [-0.05, 0) is 25.0 Å². The van der Waals surface area contributed by atoms with E-state index in [1.54, 1.807) is 6.20 Å². The van der Waals surface area contributed by atoms with Crippen molar-refractivity contribution in [3.63, 3.8) is 0 Å². The third-order valence-electron chi connectivity index (χ3n) is 4.08. The lowest BCUT2D eigenvalue weighted by molar-refractivity contribution is 0.0664. The van der Waals surface area contributed by atoms with E-state index in [2.05, 4.69) is 10.3 Å². The van der Waals surface area contributed by atoms with Crippen LogP contribution in [0.4, 0.5) is 5.69 Å². The molecule has 0 radical (unpaired) electrons. The smallest absolute Gasteiger partial charge is 0.263 e. The van der Waals surface area contributed by atoms with Crippen molar-refractivity contribution in [1.82, 2.24) is 10.3 Å². The van der Waals surface area contributed by atoms with Crippen LogP contribution >= 0.6 is 11.3 Å². The minimum atomic E-state index is -0.305. The highest BCUT2D eigenvalue weighted by Gasteiger charge is 2.24. The molecule has 1 amide bonds. The molecule has 21 heavy (non-hydrogen) atoms. The van der Waals surface area contributed by atoms with Gasteiger partial charge in [-0.15, -0.1) is 11.3 Å². The van der Waals surface area contributed by atoms with E-state index < -0.39 is 0 Å². The molecule has 4 N–H and O–H groups in total. The Morgan fingerprint density at radius 3 is 3.05 bits per heavy atom. The third kappa shape index (κ3) is 2.87. The predicted octanol–water partition coefficient (Wildman–Crippen LogP) is 2.16. The van der Waals surface area contributed by atoms with Crippen molar-refractivity contribution in [2.24, 2.45) is 5.92 Å². The molecule has 2 heterocycles. The summed E-state index contributed by atoms with van der Waals surface area (Å²) in [4.78, 5) is 17.0. The van der Waals surface area contributed by atoms with Crippen LogP contribution in [0.15, 0.2) is 18.3 Å². The van der Waals surface area contributed by atoms with Crippen LogP contribution in [-0.2, 0) is 0 Å². The summed E-state index contributed by atoms with van der Waals surface area (Å²) >= 11 is 1.36. The summed E-state index contributed by atoms with van der Waals surface area (Å²) in [7, 11) is 0. The number of pyridine rings is 1. The molecule has 2 aromatic rings. The number of hydrogen-bond donors (Lipinski definition) is 3. The van der Waals surface area contributed by atoms with Gasteiger partial charge in [0, 0.05) is 18.7 Å². The van der Waals surface area contributed by atoms with E-state index in [4.69, 9.17) is 5.73 Å². The van der Waals surface area contributed by atoms with Gasteiger partial charge in [-0.2, -0.15) is 0 Å². The lowest BCUT2D eigenvalue weighted by Gasteiger charge is -2.27. The van der Waals surface area contributed by atoms with Crippen LogP contribution < -0.4 is 11.1 Å². The summed E-state index contributed by atoms with van der Waals surface area (Å²) < 4.78 is 0.915. The van der Waals surface area contributed by atoms with Crippen molar-refractivity contribution < 1.29 is 9.90 Å². The number of aliphatic hydroxyl groups is 1. The van der Waals surface area contributed by atoms with Gasteiger partial charge in [0.1, 0.15) is 10.4 Å². The van der Waals surface area contributed by atoms with Gasteiger partial charge in [0.05, 0.1) is 16.5 Å². The van der Waals surface area contributed by atoms with Crippen molar-refractivity contribution in [2.75, 3.05) is 12.3 Å². The molecule has 0 bridgehead atoms. The van der Waals surface area contributed by atoms with Crippen molar-refractivity contribution in [2.45, 2.75) is 31.8 Å². The molecule has 1 fully saturated rings. The summed E-state index contributed by atoms with van der Waals surface area (Å²) in [5, 5.41) is 12.8. The van der Waals surface area contributed by atoms with Crippen LogP contribution in [0.25, 0.3) is 10.2 Å². The Kier molecular flexibility index (Phi) is 4.07. The zero-order valence-electron chi connectivity index (χ0n) is 11.7. The van der Waals surface area contributed by atoms with Crippen molar-refractivity contribution in [1.29, 1.82) is 0 Å². The molecule has 1 aliphatic rings. The van der Waals surface area contributed by atoms with E-state index in [1.165, 1.54) is 11.3 Å². The number of carbonyl (C=O) groups is 1. The average molecular weight is 305 g/mol. The number of aromatic nitrogens is 1. The Morgan fingerprint density at radius 1 is 1.48 bits per heavy atom. The Bertz CT molecular complexity index is 655. The van der Waals surface area contributed by atoms with Crippen LogP contribution in [0.1, 0.15) is 35.4 Å². The highest BCUT2D eigenvalue weighted by Crippen LogP contribution is 2.32. The third-order valence-corrected chi connectivity index (χ3v) is 5.24. The van der Waals surface area contributed by atoms with Crippen LogP contribution in [0.3, 0.4) is 0 Å². The van der Waals surface area contributed by atoms with E-state index in [0.29, 0.717) is 22.6 Å². The minimum Gasteiger partial charge on any atom is -0.396 e. The number of carbonyl (C=O) groups excluding carboxylic acids is 1. The van der Waals surface area contributed by atoms with E-state index in [1.807, 2.05) is 12.1 Å². The molecule has 1 saturated carbocycles. The first kappa shape index (κ1) is 14.3. The number of hydrogen-bond acceptors (Lipinski definition) is 5. The van der Waals surface area contributed by atoms with Crippen LogP contribution in [0, 0.1) is 5.92 Å². The maximum atomic E-state index is 12.3. The molecule has 0 aromatic carbocycles. The molecule has 2 aromatic heterocycles. The summed E-state index contributed by atoms with van der Waals surface area (Å²) in [5.74, 6) is -0.0234. The highest BCUT2D eigenvalue weighted by atomic mass is 32.1. The molecule has 2 unspecified atom stereocenters. The molecule has 3 rings (SSSR count). The summed E-state index contributed by atoms with van der Waals surface area (Å²) in [6, 6.07) is 3.74. The fourth-order valence-corrected chi connectivity index (χ4v) is 3.84. The number of aliphatic hydroxyl groups excluding tert-OH is 1. The second kappa shape index (κ2) is 5.99. The minimum absolute atomic E-state index is 0.149. The lowest BCUT2D eigenvalue weighted by Crippen LogP contribution is -2.36. The second-order valence-electron chi connectivity index (χ2n) is 5.52. The topological polar surface area (TPSA) is 88.2 Å². The van der Waals surface area contributed by atoms with Gasteiger partial charge in [-0.3, -0.25) is 9.78 Å². The zero-order chi connectivity index (χ0) is 14.8. The Hall–Kier alpha value is -1.66. The van der Waals surface area contributed by atoms with E-state index in [-0.39, 0.29) is 17.9 Å². The van der Waals surface area contributed by atoms with E-state index in [0.717, 1.165) is 30.4 Å². The van der Waals surface area contributed by atoms with Gasteiger partial charge in [-0.1, -0.05) is 12.8 Å². The highest BCUT2D eigenvalue weighted by molar-refractivity contribution is 7.21. The maximum absolute atomic E-state index is 12.3. The Balaban J connectivity index is 1.70. The maximum Gasteiger partial charge on any atom is 0.263 e. The number of fused-ring (bicyclic) bond motifs is 1. The zero-order valence-corrected chi connectivity index (χ0v) is 12.5. The fraction of sp³-hybridized carbons (Fsp3) is 0.467. The number of nitrogen functional groups attached to an aromatic ring is 1. The van der Waals surface area contributed by atoms with Crippen molar-refractivity contribution in [3.8, 4) is 0 Å². The lowest BCUT2D eigenvalue weighted by atomic mass is 9.86. The van der Waals surface area contributed by atoms with Crippen LogP contribution in [-0.4, -0.2) is 28.6 Å². The van der Waals surface area contributed by atoms with Gasteiger partial charge in [0.25, 0.3) is 5.91 Å². The molecule has 6 heteroatoms. The fourth-order valence-electron chi connectivity index (χ4n) is 2.85. The normalized spacial score (nSPS) is 22.3. The monoisotopic (exact) mass is 305 g/mol. The first-order chi connectivity index (χ1) is 10.2. The number of nitrogens with zero attached hydrogens (tertiary/aromatic N) is 1. The van der Waals surface area contributed by atoms with Crippen molar-refractivity contribution in [3.05, 3.63) is 23.2 Å². The summed E-state index contributed by atoms with van der Waals surface area (Å²) in [5.41, 5.74) is 7.14. The van der Waals surface area contributed by atoms with Gasteiger partial charge < -0.3 is 16.2 Å². The van der Waals surface area contributed by atoms with Crippen LogP contribution in [0.5, 0.6) is 0 Å². The number of nitrogens with one attached hydrogen (secondary N) is 1. The van der Waals surface area contributed by atoms with Gasteiger partial charge in [-0.25, -0.2) is 0 Å². The molecule has 1 aliphatic carbocycles. The Labute approximate surface area is 127 Å². The number of amides is 1. The Morgan fingerprint density at radius 2 is 2.29 bits per heavy atom. The van der Waals surface area contributed by atoms with Gasteiger partial charge in [0.2, 0.25) is 0 Å². The van der Waals surface area contributed by atoms with E-state index >= 15 is 0 Å². The molecule has 2 atom stereocenters. The summed E-state index contributed by atoms with van der Waals surface area (Å²) in [6.07, 6.45) is 5.35.